The summed E-state index contributed by atoms with van der Waals surface area (Å²) in [5.74, 6) is -0.274. The number of benzene rings is 2. The second-order valence-electron chi connectivity index (χ2n) is 4.72. The third kappa shape index (κ3) is 2.40. The molecule has 0 radical (unpaired) electrons. The highest BCUT2D eigenvalue weighted by Crippen LogP contribution is 2.28. The number of nitrogens with one attached hydrogen (secondary N) is 1. The van der Waals surface area contributed by atoms with Gasteiger partial charge in [0.2, 0.25) is 0 Å². The van der Waals surface area contributed by atoms with Crippen molar-refractivity contribution in [3.63, 3.8) is 0 Å². The first-order valence-electron chi connectivity index (χ1n) is 6.31. The fraction of sp³-hybridized carbons (Fsp3) is 0.0625. The Kier molecular flexibility index (Phi) is 2.99. The number of nitrogen functional groups attached to an aromatic ring is 1. The molecule has 2 aromatic carbocycles. The number of rotatable bonds is 2. The van der Waals surface area contributed by atoms with Crippen molar-refractivity contribution in [3.8, 4) is 0 Å². The van der Waals surface area contributed by atoms with Crippen LogP contribution in [0.3, 0.4) is 0 Å². The Balaban J connectivity index is 2.12. The number of hydrogen-bond acceptors (Lipinski definition) is 3. The molecule has 0 bridgehead atoms. The minimum Gasteiger partial charge on any atom is -0.399 e. The van der Waals surface area contributed by atoms with E-state index in [0.717, 1.165) is 22.3 Å². The van der Waals surface area contributed by atoms with E-state index in [1.807, 2.05) is 37.3 Å². The van der Waals surface area contributed by atoms with Crippen molar-refractivity contribution >= 4 is 28.0 Å². The lowest BCUT2D eigenvalue weighted by Crippen LogP contribution is -1.96. The van der Waals surface area contributed by atoms with Crippen LogP contribution in [0, 0.1) is 12.7 Å². The van der Waals surface area contributed by atoms with Gasteiger partial charge in [0.05, 0.1) is 5.52 Å². The van der Waals surface area contributed by atoms with Gasteiger partial charge in [-0.05, 0) is 49.4 Å². The Hall–Kier alpha value is -2.62. The predicted molar refractivity (Wildman–Crippen MR) is 80.6 cm³/mol. The number of pyridine rings is 1. The van der Waals surface area contributed by atoms with Crippen molar-refractivity contribution in [1.82, 2.24) is 4.98 Å². The monoisotopic (exact) mass is 267 g/mol. The van der Waals surface area contributed by atoms with Crippen LogP contribution in [0.2, 0.25) is 0 Å². The van der Waals surface area contributed by atoms with E-state index in [2.05, 4.69) is 10.3 Å². The Morgan fingerprint density at radius 1 is 1.10 bits per heavy atom. The van der Waals surface area contributed by atoms with Crippen molar-refractivity contribution < 1.29 is 4.39 Å². The van der Waals surface area contributed by atoms with E-state index in [9.17, 15) is 4.39 Å². The zero-order valence-electron chi connectivity index (χ0n) is 11.0. The van der Waals surface area contributed by atoms with Crippen molar-refractivity contribution in [2.75, 3.05) is 11.1 Å². The van der Waals surface area contributed by atoms with E-state index < -0.39 is 0 Å². The van der Waals surface area contributed by atoms with Crippen LogP contribution in [-0.2, 0) is 0 Å². The molecule has 3 aromatic rings. The van der Waals surface area contributed by atoms with Crippen molar-refractivity contribution in [2.24, 2.45) is 0 Å². The summed E-state index contributed by atoms with van der Waals surface area (Å²) < 4.78 is 13.3. The van der Waals surface area contributed by atoms with E-state index >= 15 is 0 Å². The van der Waals surface area contributed by atoms with Crippen LogP contribution in [0.4, 0.5) is 21.5 Å². The maximum Gasteiger partial charge on any atom is 0.125 e. The number of aryl methyl sites for hydroxylation is 1. The maximum atomic E-state index is 13.3. The summed E-state index contributed by atoms with van der Waals surface area (Å²) in [4.78, 5) is 4.47. The maximum absolute atomic E-state index is 13.3. The van der Waals surface area contributed by atoms with E-state index in [4.69, 9.17) is 5.73 Å². The number of nitrogens with two attached hydrogens (primary N) is 1. The van der Waals surface area contributed by atoms with Gasteiger partial charge in [0.1, 0.15) is 5.82 Å². The van der Waals surface area contributed by atoms with Gasteiger partial charge >= 0.3 is 0 Å². The lowest BCUT2D eigenvalue weighted by Gasteiger charge is -2.11. The molecule has 0 aliphatic rings. The summed E-state index contributed by atoms with van der Waals surface area (Å²) in [6.07, 6.45) is 0. The fourth-order valence-corrected chi connectivity index (χ4v) is 2.20. The summed E-state index contributed by atoms with van der Waals surface area (Å²) in [7, 11) is 0. The molecule has 3 N–H and O–H groups in total. The third-order valence-electron chi connectivity index (χ3n) is 3.06. The van der Waals surface area contributed by atoms with E-state index in [1.165, 1.54) is 12.1 Å². The van der Waals surface area contributed by atoms with Crippen molar-refractivity contribution in [2.45, 2.75) is 6.92 Å². The van der Waals surface area contributed by atoms with Crippen LogP contribution in [0.15, 0.2) is 48.5 Å². The second kappa shape index (κ2) is 4.81. The van der Waals surface area contributed by atoms with Gasteiger partial charge in [-0.1, -0.05) is 6.07 Å². The molecule has 0 aliphatic heterocycles. The van der Waals surface area contributed by atoms with Gasteiger partial charge in [0.25, 0.3) is 0 Å². The number of halogens is 1. The van der Waals surface area contributed by atoms with Crippen LogP contribution >= 0.6 is 0 Å². The smallest absolute Gasteiger partial charge is 0.125 e. The van der Waals surface area contributed by atoms with Gasteiger partial charge < -0.3 is 11.1 Å². The molecule has 4 heteroatoms. The van der Waals surface area contributed by atoms with Crippen molar-refractivity contribution in [1.29, 1.82) is 0 Å². The van der Waals surface area contributed by atoms with Crippen molar-refractivity contribution in [3.05, 3.63) is 60.0 Å². The van der Waals surface area contributed by atoms with Gasteiger partial charge in [0, 0.05) is 28.1 Å². The Labute approximate surface area is 116 Å². The van der Waals surface area contributed by atoms with Gasteiger partial charge in [-0.15, -0.1) is 0 Å². The number of aromatic nitrogens is 1. The van der Waals surface area contributed by atoms with Gasteiger partial charge in [0.15, 0.2) is 0 Å². The first-order chi connectivity index (χ1) is 9.61. The molecule has 1 heterocycles. The zero-order chi connectivity index (χ0) is 14.1. The summed E-state index contributed by atoms with van der Waals surface area (Å²) >= 11 is 0. The molecule has 0 aliphatic carbocycles. The Morgan fingerprint density at radius 3 is 2.75 bits per heavy atom. The van der Waals surface area contributed by atoms with E-state index in [0.29, 0.717) is 11.4 Å². The molecule has 100 valence electrons. The second-order valence-corrected chi connectivity index (χ2v) is 4.72. The standard InChI is InChI=1S/C16H14FN3/c1-10-7-16(20-13-4-2-3-11(17)8-13)14-9-12(18)5-6-15(14)19-10/h2-9H,18H2,1H3,(H,19,20). The summed E-state index contributed by atoms with van der Waals surface area (Å²) in [6, 6.07) is 13.8. The molecule has 0 spiro atoms. The first kappa shape index (κ1) is 12.4. The fourth-order valence-electron chi connectivity index (χ4n) is 2.20. The molecule has 0 saturated carbocycles. The Morgan fingerprint density at radius 2 is 1.95 bits per heavy atom. The molecule has 0 unspecified atom stereocenters. The van der Waals surface area contributed by atoms with Crippen LogP contribution in [-0.4, -0.2) is 4.98 Å². The SMILES string of the molecule is Cc1cc(Nc2cccc(F)c2)c2cc(N)ccc2n1. The van der Waals surface area contributed by atoms with Crippen LogP contribution in [0.1, 0.15) is 5.69 Å². The lowest BCUT2D eigenvalue weighted by molar-refractivity contribution is 0.628. The van der Waals surface area contributed by atoms with Crippen LogP contribution in [0.25, 0.3) is 10.9 Å². The zero-order valence-corrected chi connectivity index (χ0v) is 11.0. The highest BCUT2D eigenvalue weighted by Gasteiger charge is 2.05. The largest absolute Gasteiger partial charge is 0.399 e. The van der Waals surface area contributed by atoms with E-state index in [1.54, 1.807) is 6.07 Å². The van der Waals surface area contributed by atoms with Gasteiger partial charge in [-0.25, -0.2) is 4.39 Å². The molecule has 0 atom stereocenters. The van der Waals surface area contributed by atoms with E-state index in [-0.39, 0.29) is 5.82 Å². The highest BCUT2D eigenvalue weighted by atomic mass is 19.1. The molecule has 0 amide bonds. The molecular weight excluding hydrogens is 253 g/mol. The molecular formula is C16H14FN3. The average molecular weight is 267 g/mol. The average Bonchev–Trinajstić information content (AvgIpc) is 2.39. The summed E-state index contributed by atoms with van der Waals surface area (Å²) in [6.45, 7) is 1.92. The Bertz CT molecular complexity index is 784. The minimum atomic E-state index is -0.274. The topological polar surface area (TPSA) is 50.9 Å². The molecule has 0 saturated heterocycles. The number of fused-ring (bicyclic) bond motifs is 1. The molecule has 3 rings (SSSR count). The molecule has 20 heavy (non-hydrogen) atoms. The molecule has 3 nitrogen and oxygen atoms in total. The quantitative estimate of drug-likeness (QED) is 0.690. The summed E-state index contributed by atoms with van der Waals surface area (Å²) in [5.41, 5.74) is 9.81. The van der Waals surface area contributed by atoms with Crippen LogP contribution < -0.4 is 11.1 Å². The minimum absolute atomic E-state index is 0.274. The molecule has 1 aromatic heterocycles. The summed E-state index contributed by atoms with van der Waals surface area (Å²) in [5, 5.41) is 4.14. The lowest BCUT2D eigenvalue weighted by atomic mass is 10.1. The third-order valence-corrected chi connectivity index (χ3v) is 3.06. The number of nitrogens with zero attached hydrogens (tertiary/aromatic N) is 1. The van der Waals surface area contributed by atoms with Gasteiger partial charge in [-0.2, -0.15) is 0 Å². The predicted octanol–water partition coefficient (Wildman–Crippen LogP) is 4.01. The highest BCUT2D eigenvalue weighted by molar-refractivity contribution is 5.95. The normalized spacial score (nSPS) is 10.7. The van der Waals surface area contributed by atoms with Gasteiger partial charge in [-0.3, -0.25) is 4.98 Å². The first-order valence-corrected chi connectivity index (χ1v) is 6.31. The van der Waals surface area contributed by atoms with Crippen LogP contribution in [0.5, 0.6) is 0 Å². The number of hydrogen-bond donors (Lipinski definition) is 2. The number of anilines is 3. The molecule has 0 fully saturated rings.